The number of nitrogens with zero attached hydrogens (tertiary/aromatic N) is 1. The average Bonchev–Trinajstić information content (AvgIpc) is 2.65. The van der Waals surface area contributed by atoms with Gasteiger partial charge < -0.3 is 19.5 Å². The molecule has 1 N–H and O–H groups in total. The molecule has 0 fully saturated rings. The van der Waals surface area contributed by atoms with Gasteiger partial charge in [-0.25, -0.2) is 0 Å². The lowest BCUT2D eigenvalue weighted by molar-refractivity contribution is -0.123. The third-order valence-corrected chi connectivity index (χ3v) is 3.61. The highest BCUT2D eigenvalue weighted by Gasteiger charge is 2.15. The van der Waals surface area contributed by atoms with E-state index in [-0.39, 0.29) is 18.6 Å². The van der Waals surface area contributed by atoms with Crippen molar-refractivity contribution in [2.24, 2.45) is 0 Å². The molecule has 0 radical (unpaired) electrons. The van der Waals surface area contributed by atoms with E-state index in [1.165, 1.54) is 0 Å². The first-order valence-corrected chi connectivity index (χ1v) is 7.71. The van der Waals surface area contributed by atoms with Gasteiger partial charge in [-0.2, -0.15) is 5.26 Å². The maximum absolute atomic E-state index is 12.1. The number of carbonyl (C=O) groups is 1. The minimum atomic E-state index is -0.286. The molecule has 2 rings (SSSR count). The lowest BCUT2D eigenvalue weighted by atomic mass is 10.1. The minimum absolute atomic E-state index is 0.147. The largest absolute Gasteiger partial charge is 0.497 e. The van der Waals surface area contributed by atoms with E-state index in [9.17, 15) is 4.79 Å². The van der Waals surface area contributed by atoms with E-state index in [0.717, 1.165) is 5.56 Å². The van der Waals surface area contributed by atoms with Crippen molar-refractivity contribution in [1.82, 2.24) is 5.32 Å². The van der Waals surface area contributed by atoms with Gasteiger partial charge >= 0.3 is 0 Å². The normalized spacial score (nSPS) is 11.1. The Morgan fingerprint density at radius 1 is 1.16 bits per heavy atom. The first-order chi connectivity index (χ1) is 12.1. The van der Waals surface area contributed by atoms with Crippen molar-refractivity contribution in [3.05, 3.63) is 53.6 Å². The molecule has 1 amide bonds. The van der Waals surface area contributed by atoms with Crippen LogP contribution in [-0.4, -0.2) is 26.7 Å². The average molecular weight is 340 g/mol. The molecule has 1 atom stereocenters. The van der Waals surface area contributed by atoms with Gasteiger partial charge in [-0.05, 0) is 43.3 Å². The van der Waals surface area contributed by atoms with Crippen molar-refractivity contribution >= 4 is 5.91 Å². The zero-order valence-corrected chi connectivity index (χ0v) is 14.4. The zero-order chi connectivity index (χ0) is 18.2. The van der Waals surface area contributed by atoms with Crippen LogP contribution in [-0.2, 0) is 4.79 Å². The zero-order valence-electron chi connectivity index (χ0n) is 14.4. The Balaban J connectivity index is 1.99. The van der Waals surface area contributed by atoms with Crippen LogP contribution in [0.2, 0.25) is 0 Å². The molecule has 0 spiro atoms. The van der Waals surface area contributed by atoms with Crippen LogP contribution in [0, 0.1) is 11.3 Å². The van der Waals surface area contributed by atoms with E-state index in [1.807, 2.05) is 19.1 Å². The number of ether oxygens (including phenoxy) is 3. The lowest BCUT2D eigenvalue weighted by Crippen LogP contribution is -2.31. The number of methoxy groups -OCH3 is 2. The molecular formula is C19H20N2O4. The quantitative estimate of drug-likeness (QED) is 0.838. The highest BCUT2D eigenvalue weighted by molar-refractivity contribution is 5.78. The lowest BCUT2D eigenvalue weighted by Gasteiger charge is -2.18. The van der Waals surface area contributed by atoms with Gasteiger partial charge in [0.05, 0.1) is 31.9 Å². The third-order valence-electron chi connectivity index (χ3n) is 3.61. The summed E-state index contributed by atoms with van der Waals surface area (Å²) in [5, 5.41) is 11.7. The Labute approximate surface area is 146 Å². The van der Waals surface area contributed by atoms with Gasteiger partial charge in [-0.3, -0.25) is 4.79 Å². The molecule has 130 valence electrons. The number of nitrogens with one attached hydrogen (secondary N) is 1. The van der Waals surface area contributed by atoms with Gasteiger partial charge in [0.1, 0.15) is 17.2 Å². The Kier molecular flexibility index (Phi) is 6.24. The summed E-state index contributed by atoms with van der Waals surface area (Å²) in [4.78, 5) is 12.1. The standard InChI is InChI=1S/C19H20N2O4/c1-13(17-10-15(23-2)7-8-18(17)24-3)21-19(22)12-25-16-6-4-5-14(9-16)11-20/h4-10,13H,12H2,1-3H3,(H,21,22)/t13-/m1/s1. The number of hydrogen-bond donors (Lipinski definition) is 1. The van der Waals surface area contributed by atoms with Crippen molar-refractivity contribution in [3.63, 3.8) is 0 Å². The summed E-state index contributed by atoms with van der Waals surface area (Å²) in [6, 6.07) is 13.8. The van der Waals surface area contributed by atoms with Gasteiger partial charge in [0, 0.05) is 5.56 Å². The van der Waals surface area contributed by atoms with E-state index in [1.54, 1.807) is 50.6 Å². The van der Waals surface area contributed by atoms with Crippen LogP contribution in [0.5, 0.6) is 17.2 Å². The molecule has 0 unspecified atom stereocenters. The second-order valence-corrected chi connectivity index (χ2v) is 5.33. The van der Waals surface area contributed by atoms with Crippen LogP contribution >= 0.6 is 0 Å². The predicted octanol–water partition coefficient (Wildman–Crippen LogP) is 2.83. The molecular weight excluding hydrogens is 320 g/mol. The molecule has 0 heterocycles. The molecule has 0 aliphatic rings. The molecule has 0 saturated heterocycles. The minimum Gasteiger partial charge on any atom is -0.497 e. The van der Waals surface area contributed by atoms with E-state index in [0.29, 0.717) is 22.8 Å². The Morgan fingerprint density at radius 3 is 2.64 bits per heavy atom. The summed E-state index contributed by atoms with van der Waals surface area (Å²) in [5.74, 6) is 1.54. The van der Waals surface area contributed by atoms with E-state index < -0.39 is 0 Å². The van der Waals surface area contributed by atoms with E-state index in [2.05, 4.69) is 5.32 Å². The smallest absolute Gasteiger partial charge is 0.258 e. The molecule has 25 heavy (non-hydrogen) atoms. The Bertz CT molecular complexity index is 783. The van der Waals surface area contributed by atoms with Crippen LogP contribution in [0.15, 0.2) is 42.5 Å². The fourth-order valence-corrected chi connectivity index (χ4v) is 2.34. The summed E-state index contributed by atoms with van der Waals surface area (Å²) in [5.41, 5.74) is 1.29. The highest BCUT2D eigenvalue weighted by Crippen LogP contribution is 2.29. The van der Waals surface area contributed by atoms with Crippen LogP contribution in [0.3, 0.4) is 0 Å². The van der Waals surface area contributed by atoms with Crippen LogP contribution in [0.25, 0.3) is 0 Å². The maximum Gasteiger partial charge on any atom is 0.258 e. The summed E-state index contributed by atoms with van der Waals surface area (Å²) in [6.07, 6.45) is 0. The predicted molar refractivity (Wildman–Crippen MR) is 92.8 cm³/mol. The van der Waals surface area contributed by atoms with Crippen LogP contribution in [0.1, 0.15) is 24.1 Å². The number of hydrogen-bond acceptors (Lipinski definition) is 5. The van der Waals surface area contributed by atoms with Crippen molar-refractivity contribution in [1.29, 1.82) is 5.26 Å². The summed E-state index contributed by atoms with van der Waals surface area (Å²) in [7, 11) is 3.16. The first-order valence-electron chi connectivity index (χ1n) is 7.71. The molecule has 2 aromatic carbocycles. The topological polar surface area (TPSA) is 80.6 Å². The number of nitriles is 1. The number of rotatable bonds is 7. The van der Waals surface area contributed by atoms with Gasteiger partial charge in [-0.1, -0.05) is 6.07 Å². The molecule has 0 aliphatic heterocycles. The second kappa shape index (κ2) is 8.60. The summed E-state index contributed by atoms with van der Waals surface area (Å²) in [6.45, 7) is 1.71. The number of benzene rings is 2. The van der Waals surface area contributed by atoms with Crippen LogP contribution in [0.4, 0.5) is 0 Å². The van der Waals surface area contributed by atoms with Gasteiger partial charge in [-0.15, -0.1) is 0 Å². The summed E-state index contributed by atoms with van der Waals surface area (Å²) < 4.78 is 16.0. The monoisotopic (exact) mass is 340 g/mol. The van der Waals surface area contributed by atoms with Crippen molar-refractivity contribution < 1.29 is 19.0 Å². The SMILES string of the molecule is COc1ccc(OC)c([C@@H](C)NC(=O)COc2cccc(C#N)c2)c1. The van der Waals surface area contributed by atoms with Crippen molar-refractivity contribution in [2.45, 2.75) is 13.0 Å². The molecule has 6 nitrogen and oxygen atoms in total. The molecule has 0 aromatic heterocycles. The Hall–Kier alpha value is -3.20. The second-order valence-electron chi connectivity index (χ2n) is 5.33. The number of amides is 1. The van der Waals surface area contributed by atoms with Gasteiger partial charge in [0.2, 0.25) is 0 Å². The Morgan fingerprint density at radius 2 is 1.96 bits per heavy atom. The van der Waals surface area contributed by atoms with Gasteiger partial charge in [0.25, 0.3) is 5.91 Å². The van der Waals surface area contributed by atoms with E-state index in [4.69, 9.17) is 19.5 Å². The molecule has 6 heteroatoms. The van der Waals surface area contributed by atoms with Gasteiger partial charge in [0.15, 0.2) is 6.61 Å². The van der Waals surface area contributed by atoms with Crippen molar-refractivity contribution in [2.75, 3.05) is 20.8 Å². The molecule has 2 aromatic rings. The highest BCUT2D eigenvalue weighted by atomic mass is 16.5. The number of carbonyl (C=O) groups excluding carboxylic acids is 1. The fourth-order valence-electron chi connectivity index (χ4n) is 2.34. The third kappa shape index (κ3) is 4.88. The first kappa shape index (κ1) is 18.1. The summed E-state index contributed by atoms with van der Waals surface area (Å²) >= 11 is 0. The van der Waals surface area contributed by atoms with E-state index >= 15 is 0 Å². The molecule has 0 saturated carbocycles. The molecule has 0 bridgehead atoms. The fraction of sp³-hybridized carbons (Fsp3) is 0.263. The molecule has 0 aliphatic carbocycles. The van der Waals surface area contributed by atoms with Crippen molar-refractivity contribution in [3.8, 4) is 23.3 Å². The maximum atomic E-state index is 12.1. The van der Waals surface area contributed by atoms with Crippen LogP contribution < -0.4 is 19.5 Å².